The second-order valence-corrected chi connectivity index (χ2v) is 6.82. The molecular weight excluding hydrogens is 322 g/mol. The predicted octanol–water partition coefficient (Wildman–Crippen LogP) is 2.80. The molecule has 0 spiro atoms. The Bertz CT molecular complexity index is 809. The average molecular weight is 339 g/mol. The number of rotatable bonds is 3. The number of hydrogen-bond donors (Lipinski definition) is 1. The zero-order valence-electron chi connectivity index (χ0n) is 13.1. The van der Waals surface area contributed by atoms with E-state index in [1.807, 2.05) is 35.2 Å². The molecule has 1 N–H and O–H groups in total. The summed E-state index contributed by atoms with van der Waals surface area (Å²) in [6.45, 7) is 1.47. The lowest BCUT2D eigenvalue weighted by molar-refractivity contribution is 0.0718. The molecule has 1 aliphatic rings. The van der Waals surface area contributed by atoms with E-state index < -0.39 is 0 Å². The van der Waals surface area contributed by atoms with Gasteiger partial charge in [-0.1, -0.05) is 12.1 Å². The van der Waals surface area contributed by atoms with Crippen LogP contribution in [0.4, 0.5) is 5.82 Å². The smallest absolute Gasteiger partial charge is 0.282 e. The first-order chi connectivity index (χ1) is 11.8. The van der Waals surface area contributed by atoms with E-state index in [1.54, 1.807) is 6.20 Å². The fourth-order valence-electron chi connectivity index (χ4n) is 2.91. The molecule has 3 aromatic rings. The molecule has 0 unspecified atom stereocenters. The topological polar surface area (TPSA) is 71.0 Å². The minimum atomic E-state index is 0.0386. The normalized spacial score (nSPS) is 15.6. The van der Waals surface area contributed by atoms with Gasteiger partial charge in [0.25, 0.3) is 5.91 Å². The zero-order chi connectivity index (χ0) is 16.4. The zero-order valence-corrected chi connectivity index (χ0v) is 13.9. The van der Waals surface area contributed by atoms with Crippen molar-refractivity contribution in [3.05, 3.63) is 47.9 Å². The van der Waals surface area contributed by atoms with E-state index in [2.05, 4.69) is 20.3 Å². The molecule has 1 aromatic carbocycles. The molecule has 0 aliphatic carbocycles. The lowest BCUT2D eigenvalue weighted by Crippen LogP contribution is -2.42. The number of benzene rings is 1. The number of nitrogens with one attached hydrogen (secondary N) is 1. The number of anilines is 1. The molecular formula is C17H17N5OS. The van der Waals surface area contributed by atoms with Crippen LogP contribution in [0.25, 0.3) is 10.2 Å². The average Bonchev–Trinajstić information content (AvgIpc) is 3.07. The minimum absolute atomic E-state index is 0.0386. The van der Waals surface area contributed by atoms with E-state index >= 15 is 0 Å². The highest BCUT2D eigenvalue weighted by Gasteiger charge is 2.25. The predicted molar refractivity (Wildman–Crippen MR) is 94.2 cm³/mol. The maximum Gasteiger partial charge on any atom is 0.282 e. The van der Waals surface area contributed by atoms with E-state index in [-0.39, 0.29) is 5.91 Å². The number of aromatic nitrogens is 3. The number of thiazole rings is 1. The lowest BCUT2D eigenvalue weighted by atomic mass is 10.1. The Balaban J connectivity index is 1.39. The number of piperidine rings is 1. The Morgan fingerprint density at radius 2 is 2.04 bits per heavy atom. The fourth-order valence-corrected chi connectivity index (χ4v) is 3.84. The number of nitrogens with zero attached hydrogens (tertiary/aromatic N) is 4. The summed E-state index contributed by atoms with van der Waals surface area (Å²) in [6, 6.07) is 10.1. The molecule has 0 bridgehead atoms. The van der Waals surface area contributed by atoms with Gasteiger partial charge < -0.3 is 10.2 Å². The number of para-hydroxylation sites is 1. The molecule has 7 heteroatoms. The van der Waals surface area contributed by atoms with Crippen LogP contribution in [0.5, 0.6) is 0 Å². The van der Waals surface area contributed by atoms with Crippen LogP contribution in [0.1, 0.15) is 22.6 Å². The number of hydrogen-bond acceptors (Lipinski definition) is 6. The molecule has 1 fully saturated rings. The van der Waals surface area contributed by atoms with Crippen molar-refractivity contribution >= 4 is 33.3 Å². The van der Waals surface area contributed by atoms with Gasteiger partial charge in [-0.05, 0) is 31.0 Å². The van der Waals surface area contributed by atoms with Crippen LogP contribution in [-0.4, -0.2) is 44.9 Å². The number of amides is 1. The molecule has 2 aromatic heterocycles. The standard InChI is InChI=1S/C17H17N5OS/c23-17(16-21-13-3-1-2-4-14(13)24-16)22-9-6-12(7-10-22)20-15-5-8-18-11-19-15/h1-5,8,11-12H,6-7,9-10H2,(H,18,19,20). The highest BCUT2D eigenvalue weighted by molar-refractivity contribution is 7.20. The summed E-state index contributed by atoms with van der Waals surface area (Å²) in [6.07, 6.45) is 5.07. The Hall–Kier alpha value is -2.54. The maximum atomic E-state index is 12.7. The first kappa shape index (κ1) is 15.0. The Morgan fingerprint density at radius 1 is 1.21 bits per heavy atom. The second-order valence-electron chi connectivity index (χ2n) is 5.79. The van der Waals surface area contributed by atoms with Crippen molar-refractivity contribution in [3.8, 4) is 0 Å². The SMILES string of the molecule is O=C(c1nc2ccccc2s1)N1CCC(Nc2ccncn2)CC1. The van der Waals surface area contributed by atoms with Crippen molar-refractivity contribution < 1.29 is 4.79 Å². The molecule has 24 heavy (non-hydrogen) atoms. The summed E-state index contributed by atoms with van der Waals surface area (Å²) in [5, 5.41) is 3.98. The van der Waals surface area contributed by atoms with Crippen LogP contribution < -0.4 is 5.32 Å². The summed E-state index contributed by atoms with van der Waals surface area (Å²) in [5.41, 5.74) is 0.895. The van der Waals surface area contributed by atoms with Crippen LogP contribution in [0.15, 0.2) is 42.9 Å². The molecule has 0 atom stereocenters. The van der Waals surface area contributed by atoms with Crippen molar-refractivity contribution in [3.63, 3.8) is 0 Å². The molecule has 1 amide bonds. The van der Waals surface area contributed by atoms with Gasteiger partial charge in [-0.3, -0.25) is 4.79 Å². The van der Waals surface area contributed by atoms with Crippen LogP contribution in [0.2, 0.25) is 0 Å². The monoisotopic (exact) mass is 339 g/mol. The van der Waals surface area contributed by atoms with Crippen molar-refractivity contribution in [2.24, 2.45) is 0 Å². The highest BCUT2D eigenvalue weighted by atomic mass is 32.1. The third-order valence-corrected chi connectivity index (χ3v) is 5.22. The first-order valence-electron chi connectivity index (χ1n) is 7.97. The van der Waals surface area contributed by atoms with Crippen molar-refractivity contribution in [1.82, 2.24) is 19.9 Å². The van der Waals surface area contributed by atoms with Crippen LogP contribution in [0.3, 0.4) is 0 Å². The summed E-state index contributed by atoms with van der Waals surface area (Å²) >= 11 is 1.47. The molecule has 1 aliphatic heterocycles. The van der Waals surface area contributed by atoms with E-state index in [4.69, 9.17) is 0 Å². The second kappa shape index (κ2) is 6.52. The summed E-state index contributed by atoms with van der Waals surface area (Å²) in [5.74, 6) is 0.873. The molecule has 0 saturated carbocycles. The highest BCUT2D eigenvalue weighted by Crippen LogP contribution is 2.24. The third kappa shape index (κ3) is 3.07. The van der Waals surface area contributed by atoms with E-state index in [0.717, 1.165) is 42.0 Å². The molecule has 6 nitrogen and oxygen atoms in total. The van der Waals surface area contributed by atoms with Gasteiger partial charge >= 0.3 is 0 Å². The maximum absolute atomic E-state index is 12.7. The van der Waals surface area contributed by atoms with Crippen molar-refractivity contribution in [1.29, 1.82) is 0 Å². The fraction of sp³-hybridized carbons (Fsp3) is 0.294. The Labute approximate surface area is 143 Å². The van der Waals surface area contributed by atoms with Crippen molar-refractivity contribution in [2.45, 2.75) is 18.9 Å². The van der Waals surface area contributed by atoms with Gasteiger partial charge in [-0.2, -0.15) is 0 Å². The molecule has 4 rings (SSSR count). The van der Waals surface area contributed by atoms with E-state index in [9.17, 15) is 4.79 Å². The van der Waals surface area contributed by atoms with Gasteiger partial charge in [-0.25, -0.2) is 15.0 Å². The van der Waals surface area contributed by atoms with Gasteiger partial charge in [0.1, 0.15) is 12.1 Å². The summed E-state index contributed by atoms with van der Waals surface area (Å²) in [7, 11) is 0. The first-order valence-corrected chi connectivity index (χ1v) is 8.78. The third-order valence-electron chi connectivity index (χ3n) is 4.19. The van der Waals surface area contributed by atoms with Gasteiger partial charge in [0.05, 0.1) is 10.2 Å². The van der Waals surface area contributed by atoms with Gasteiger partial charge in [0.2, 0.25) is 0 Å². The van der Waals surface area contributed by atoms with E-state index in [1.165, 1.54) is 17.7 Å². The summed E-state index contributed by atoms with van der Waals surface area (Å²) < 4.78 is 1.06. The van der Waals surface area contributed by atoms with Crippen LogP contribution in [-0.2, 0) is 0 Å². The number of likely N-dealkylation sites (tertiary alicyclic amines) is 1. The number of carbonyl (C=O) groups is 1. The minimum Gasteiger partial charge on any atom is -0.367 e. The lowest BCUT2D eigenvalue weighted by Gasteiger charge is -2.32. The van der Waals surface area contributed by atoms with E-state index in [0.29, 0.717) is 11.0 Å². The number of fused-ring (bicyclic) bond motifs is 1. The molecule has 3 heterocycles. The Morgan fingerprint density at radius 3 is 2.79 bits per heavy atom. The van der Waals surface area contributed by atoms with Gasteiger partial charge in [-0.15, -0.1) is 11.3 Å². The van der Waals surface area contributed by atoms with Crippen molar-refractivity contribution in [2.75, 3.05) is 18.4 Å². The van der Waals surface area contributed by atoms with Gasteiger partial charge in [0.15, 0.2) is 5.01 Å². The van der Waals surface area contributed by atoms with Gasteiger partial charge in [0, 0.05) is 25.3 Å². The number of carbonyl (C=O) groups excluding carboxylic acids is 1. The summed E-state index contributed by atoms with van der Waals surface area (Å²) in [4.78, 5) is 27.1. The molecule has 0 radical (unpaired) electrons. The largest absolute Gasteiger partial charge is 0.367 e. The molecule has 1 saturated heterocycles. The van der Waals surface area contributed by atoms with Crippen LogP contribution in [0, 0.1) is 0 Å². The Kier molecular flexibility index (Phi) is 4.08. The molecule has 122 valence electrons. The van der Waals surface area contributed by atoms with Crippen LogP contribution >= 0.6 is 11.3 Å². The quantitative estimate of drug-likeness (QED) is 0.794.